The lowest BCUT2D eigenvalue weighted by Gasteiger charge is -2.08. The lowest BCUT2D eigenvalue weighted by molar-refractivity contribution is -0.116. The lowest BCUT2D eigenvalue weighted by Crippen LogP contribution is -2.15. The van der Waals surface area contributed by atoms with E-state index in [1.807, 2.05) is 20.8 Å². The number of aromatic amines is 1. The van der Waals surface area contributed by atoms with Gasteiger partial charge in [0.15, 0.2) is 0 Å². The van der Waals surface area contributed by atoms with Gasteiger partial charge in [0.1, 0.15) is 0 Å². The Bertz CT molecular complexity index is 687. The van der Waals surface area contributed by atoms with Crippen molar-refractivity contribution in [3.63, 3.8) is 0 Å². The topological polar surface area (TPSA) is 86.9 Å². The Kier molecular flexibility index (Phi) is 5.51. The number of benzene rings is 1. The Labute approximate surface area is 135 Å². The van der Waals surface area contributed by atoms with E-state index < -0.39 is 0 Å². The summed E-state index contributed by atoms with van der Waals surface area (Å²) in [6, 6.07) is 6.90. The Morgan fingerprint density at radius 2 is 2.00 bits per heavy atom. The van der Waals surface area contributed by atoms with Crippen LogP contribution in [0.25, 0.3) is 0 Å². The maximum absolute atomic E-state index is 12.4. The molecule has 0 atom stereocenters. The molecule has 0 fully saturated rings. The van der Waals surface area contributed by atoms with Crippen LogP contribution in [0.2, 0.25) is 0 Å². The number of carbonyl (C=O) groups excluding carboxylic acids is 2. The maximum atomic E-state index is 12.4. The maximum Gasteiger partial charge on any atom is 0.255 e. The van der Waals surface area contributed by atoms with Gasteiger partial charge in [-0.15, -0.1) is 0 Å². The van der Waals surface area contributed by atoms with E-state index in [0.29, 0.717) is 23.4 Å². The van der Waals surface area contributed by atoms with Crippen LogP contribution < -0.4 is 10.6 Å². The zero-order valence-corrected chi connectivity index (χ0v) is 13.7. The molecule has 1 aromatic carbocycles. The summed E-state index contributed by atoms with van der Waals surface area (Å²) in [5.41, 5.74) is 3.34. The van der Waals surface area contributed by atoms with Gasteiger partial charge in [-0.3, -0.25) is 14.7 Å². The summed E-state index contributed by atoms with van der Waals surface area (Å²) < 4.78 is 0. The molecule has 3 N–H and O–H groups in total. The number of H-pyrrole nitrogens is 1. The van der Waals surface area contributed by atoms with E-state index in [4.69, 9.17) is 0 Å². The molecule has 0 radical (unpaired) electrons. The molecule has 0 bridgehead atoms. The Balaban J connectivity index is 2.07. The van der Waals surface area contributed by atoms with Crippen LogP contribution in [-0.2, 0) is 4.79 Å². The van der Waals surface area contributed by atoms with Gasteiger partial charge in [0.2, 0.25) is 5.91 Å². The van der Waals surface area contributed by atoms with E-state index in [0.717, 1.165) is 24.2 Å². The van der Waals surface area contributed by atoms with E-state index in [1.54, 1.807) is 24.3 Å². The molecule has 6 heteroatoms. The monoisotopic (exact) mass is 314 g/mol. The first-order valence-electron chi connectivity index (χ1n) is 7.74. The van der Waals surface area contributed by atoms with Crippen molar-refractivity contribution in [1.82, 2.24) is 10.2 Å². The van der Waals surface area contributed by atoms with Crippen LogP contribution >= 0.6 is 0 Å². The molecule has 2 rings (SSSR count). The van der Waals surface area contributed by atoms with Crippen LogP contribution in [-0.4, -0.2) is 22.0 Å². The number of aryl methyl sites for hydroxylation is 2. The second-order valence-electron chi connectivity index (χ2n) is 5.50. The van der Waals surface area contributed by atoms with Gasteiger partial charge >= 0.3 is 0 Å². The minimum absolute atomic E-state index is 0.0362. The van der Waals surface area contributed by atoms with Crippen LogP contribution in [0.4, 0.5) is 11.4 Å². The molecule has 122 valence electrons. The first-order chi connectivity index (χ1) is 11.0. The van der Waals surface area contributed by atoms with Crippen molar-refractivity contribution in [2.75, 3.05) is 10.6 Å². The zero-order chi connectivity index (χ0) is 16.8. The fourth-order valence-corrected chi connectivity index (χ4v) is 2.22. The number of hydrogen-bond donors (Lipinski definition) is 3. The zero-order valence-electron chi connectivity index (χ0n) is 13.7. The first-order valence-corrected chi connectivity index (χ1v) is 7.74. The summed E-state index contributed by atoms with van der Waals surface area (Å²) in [7, 11) is 0. The van der Waals surface area contributed by atoms with Crippen molar-refractivity contribution in [2.45, 2.75) is 40.0 Å². The molecule has 0 spiro atoms. The lowest BCUT2D eigenvalue weighted by atomic mass is 10.1. The third-order valence-electron chi connectivity index (χ3n) is 3.53. The fraction of sp³-hybridized carbons (Fsp3) is 0.353. The molecule has 0 aliphatic carbocycles. The number of amides is 2. The van der Waals surface area contributed by atoms with Gasteiger partial charge < -0.3 is 10.6 Å². The summed E-state index contributed by atoms with van der Waals surface area (Å²) in [4.78, 5) is 24.1. The van der Waals surface area contributed by atoms with E-state index in [2.05, 4.69) is 20.8 Å². The van der Waals surface area contributed by atoms with E-state index >= 15 is 0 Å². The molecular weight excluding hydrogens is 292 g/mol. The van der Waals surface area contributed by atoms with Crippen molar-refractivity contribution in [3.8, 4) is 0 Å². The SMILES string of the molecule is CCCCC(=O)Nc1cccc(C(=O)Nc2c(C)n[nH]c2C)c1. The van der Waals surface area contributed by atoms with Crippen LogP contribution in [0.5, 0.6) is 0 Å². The summed E-state index contributed by atoms with van der Waals surface area (Å²) in [6.45, 7) is 5.71. The average Bonchev–Trinajstić information content (AvgIpc) is 2.85. The highest BCUT2D eigenvalue weighted by Gasteiger charge is 2.12. The highest BCUT2D eigenvalue weighted by atomic mass is 16.2. The van der Waals surface area contributed by atoms with Crippen LogP contribution in [0, 0.1) is 13.8 Å². The predicted molar refractivity (Wildman–Crippen MR) is 90.6 cm³/mol. The highest BCUT2D eigenvalue weighted by molar-refractivity contribution is 6.05. The van der Waals surface area contributed by atoms with Crippen molar-refractivity contribution >= 4 is 23.2 Å². The quantitative estimate of drug-likeness (QED) is 0.763. The van der Waals surface area contributed by atoms with Gasteiger partial charge in [-0.05, 0) is 38.5 Å². The fourth-order valence-electron chi connectivity index (χ4n) is 2.22. The Hall–Kier alpha value is -2.63. The van der Waals surface area contributed by atoms with Gasteiger partial charge in [-0.1, -0.05) is 19.4 Å². The van der Waals surface area contributed by atoms with Crippen molar-refractivity contribution in [3.05, 3.63) is 41.2 Å². The first kappa shape index (κ1) is 16.7. The van der Waals surface area contributed by atoms with E-state index in [1.165, 1.54) is 0 Å². The molecule has 6 nitrogen and oxygen atoms in total. The third kappa shape index (κ3) is 4.42. The largest absolute Gasteiger partial charge is 0.326 e. The standard InChI is InChI=1S/C17H22N4O2/c1-4-5-9-15(22)18-14-8-6-7-13(10-14)17(23)19-16-11(2)20-21-12(16)3/h6-8,10H,4-5,9H2,1-3H3,(H,18,22)(H,19,23)(H,20,21). The number of unbranched alkanes of at least 4 members (excludes halogenated alkanes) is 1. The summed E-state index contributed by atoms with van der Waals surface area (Å²) in [5, 5.41) is 12.5. The molecule has 2 amide bonds. The summed E-state index contributed by atoms with van der Waals surface area (Å²) in [6.07, 6.45) is 2.31. The van der Waals surface area contributed by atoms with Crippen molar-refractivity contribution < 1.29 is 9.59 Å². The number of nitrogens with one attached hydrogen (secondary N) is 3. The van der Waals surface area contributed by atoms with E-state index in [9.17, 15) is 9.59 Å². The summed E-state index contributed by atoms with van der Waals surface area (Å²) >= 11 is 0. The molecule has 1 aromatic heterocycles. The third-order valence-corrected chi connectivity index (χ3v) is 3.53. The number of aromatic nitrogens is 2. The van der Waals surface area contributed by atoms with Crippen molar-refractivity contribution in [2.24, 2.45) is 0 Å². The van der Waals surface area contributed by atoms with Gasteiger partial charge in [0, 0.05) is 17.7 Å². The second-order valence-corrected chi connectivity index (χ2v) is 5.50. The summed E-state index contributed by atoms with van der Waals surface area (Å²) in [5.74, 6) is -0.270. The minimum Gasteiger partial charge on any atom is -0.326 e. The Morgan fingerprint density at radius 3 is 2.65 bits per heavy atom. The molecule has 0 aliphatic rings. The number of rotatable bonds is 6. The van der Waals surface area contributed by atoms with Crippen LogP contribution in [0.15, 0.2) is 24.3 Å². The minimum atomic E-state index is -0.234. The molecule has 0 aliphatic heterocycles. The van der Waals surface area contributed by atoms with Gasteiger partial charge in [0.25, 0.3) is 5.91 Å². The van der Waals surface area contributed by atoms with Crippen LogP contribution in [0.1, 0.15) is 47.9 Å². The number of carbonyl (C=O) groups is 2. The molecule has 1 heterocycles. The van der Waals surface area contributed by atoms with Gasteiger partial charge in [-0.2, -0.15) is 5.10 Å². The smallest absolute Gasteiger partial charge is 0.255 e. The molecule has 0 unspecified atom stereocenters. The molecular formula is C17H22N4O2. The number of anilines is 2. The van der Waals surface area contributed by atoms with Crippen LogP contribution in [0.3, 0.4) is 0 Å². The van der Waals surface area contributed by atoms with Gasteiger partial charge in [-0.25, -0.2) is 0 Å². The second kappa shape index (κ2) is 7.58. The van der Waals surface area contributed by atoms with E-state index in [-0.39, 0.29) is 11.8 Å². The highest BCUT2D eigenvalue weighted by Crippen LogP contribution is 2.18. The van der Waals surface area contributed by atoms with Crippen molar-refractivity contribution in [1.29, 1.82) is 0 Å². The molecule has 0 saturated carbocycles. The molecule has 0 saturated heterocycles. The predicted octanol–water partition coefficient (Wildman–Crippen LogP) is 3.41. The Morgan fingerprint density at radius 1 is 1.22 bits per heavy atom. The normalized spacial score (nSPS) is 10.4. The molecule has 2 aromatic rings. The van der Waals surface area contributed by atoms with Gasteiger partial charge in [0.05, 0.1) is 17.1 Å². The molecule has 23 heavy (non-hydrogen) atoms. The number of hydrogen-bond acceptors (Lipinski definition) is 3. The number of nitrogens with zero attached hydrogens (tertiary/aromatic N) is 1. The average molecular weight is 314 g/mol.